The summed E-state index contributed by atoms with van der Waals surface area (Å²) in [6.07, 6.45) is 3.41. The number of ether oxygens (including phenoxy) is 1. The molecule has 4 heterocycles. The first kappa shape index (κ1) is 14.9. The van der Waals surface area contributed by atoms with Gasteiger partial charge in [0.25, 0.3) is 0 Å². The van der Waals surface area contributed by atoms with Gasteiger partial charge in [-0.2, -0.15) is 0 Å². The molecule has 0 aliphatic carbocycles. The number of amides is 1. The first-order chi connectivity index (χ1) is 11.2. The molecule has 6 nitrogen and oxygen atoms in total. The van der Waals surface area contributed by atoms with E-state index in [1.54, 1.807) is 6.33 Å². The number of aryl methyl sites for hydroxylation is 1. The summed E-state index contributed by atoms with van der Waals surface area (Å²) in [4.78, 5) is 25.7. The minimum absolute atomic E-state index is 0.184. The molecule has 0 N–H and O–H groups in total. The number of hydrogen-bond donors (Lipinski definition) is 0. The van der Waals surface area contributed by atoms with E-state index in [0.29, 0.717) is 17.7 Å². The Balaban J connectivity index is 1.37. The number of hydrogen-bond acceptors (Lipinski definition) is 5. The number of anilines is 1. The van der Waals surface area contributed by atoms with Gasteiger partial charge in [0.1, 0.15) is 12.1 Å². The summed E-state index contributed by atoms with van der Waals surface area (Å²) >= 11 is 0. The standard InChI is InChI=1S/C17H24N4O2/c1-12-6-16(19-11-18-12)20-7-14-9-21(10-15(14)8-20)17(22)13-2-4-23-5-3-13/h6,11,13-15H,2-5,7-10H2,1H3. The van der Waals surface area contributed by atoms with E-state index in [4.69, 9.17) is 4.74 Å². The van der Waals surface area contributed by atoms with Crippen molar-refractivity contribution < 1.29 is 9.53 Å². The summed E-state index contributed by atoms with van der Waals surface area (Å²) in [6, 6.07) is 2.05. The predicted molar refractivity (Wildman–Crippen MR) is 86.1 cm³/mol. The number of fused-ring (bicyclic) bond motifs is 1. The largest absolute Gasteiger partial charge is 0.381 e. The average molecular weight is 316 g/mol. The van der Waals surface area contributed by atoms with E-state index in [-0.39, 0.29) is 5.92 Å². The van der Waals surface area contributed by atoms with Crippen LogP contribution in [-0.4, -0.2) is 60.2 Å². The fraction of sp³-hybridized carbons (Fsp3) is 0.706. The van der Waals surface area contributed by atoms with Gasteiger partial charge in [0.2, 0.25) is 5.91 Å². The number of likely N-dealkylation sites (tertiary alicyclic amines) is 1. The second-order valence-corrected chi connectivity index (χ2v) is 7.07. The molecule has 0 saturated carbocycles. The van der Waals surface area contributed by atoms with E-state index >= 15 is 0 Å². The maximum absolute atomic E-state index is 12.7. The molecule has 3 fully saturated rings. The molecule has 0 spiro atoms. The predicted octanol–water partition coefficient (Wildman–Crippen LogP) is 1.11. The minimum Gasteiger partial charge on any atom is -0.381 e. The van der Waals surface area contributed by atoms with Crippen molar-refractivity contribution in [2.24, 2.45) is 17.8 Å². The van der Waals surface area contributed by atoms with Crippen molar-refractivity contribution >= 4 is 11.7 Å². The first-order valence-electron chi connectivity index (χ1n) is 8.61. The first-order valence-corrected chi connectivity index (χ1v) is 8.61. The van der Waals surface area contributed by atoms with Crippen LogP contribution in [0.15, 0.2) is 12.4 Å². The lowest BCUT2D eigenvalue weighted by Crippen LogP contribution is -2.39. The van der Waals surface area contributed by atoms with Crippen molar-refractivity contribution in [2.45, 2.75) is 19.8 Å². The Morgan fingerprint density at radius 3 is 2.48 bits per heavy atom. The molecule has 3 aliphatic rings. The zero-order chi connectivity index (χ0) is 15.8. The quantitative estimate of drug-likeness (QED) is 0.818. The lowest BCUT2D eigenvalue weighted by molar-refractivity contribution is -0.137. The van der Waals surface area contributed by atoms with E-state index in [9.17, 15) is 4.79 Å². The van der Waals surface area contributed by atoms with Crippen LogP contribution in [0.1, 0.15) is 18.5 Å². The van der Waals surface area contributed by atoms with Gasteiger partial charge in [-0.3, -0.25) is 4.79 Å². The van der Waals surface area contributed by atoms with Gasteiger partial charge in [0, 0.05) is 68.9 Å². The summed E-state index contributed by atoms with van der Waals surface area (Å²) in [5.41, 5.74) is 1.00. The van der Waals surface area contributed by atoms with Gasteiger partial charge in [0.15, 0.2) is 0 Å². The number of carbonyl (C=O) groups is 1. The number of rotatable bonds is 2. The summed E-state index contributed by atoms with van der Waals surface area (Å²) in [7, 11) is 0. The Morgan fingerprint density at radius 1 is 1.13 bits per heavy atom. The van der Waals surface area contributed by atoms with E-state index in [0.717, 1.165) is 63.7 Å². The highest BCUT2D eigenvalue weighted by atomic mass is 16.5. The van der Waals surface area contributed by atoms with Gasteiger partial charge in [-0.15, -0.1) is 0 Å². The second-order valence-electron chi connectivity index (χ2n) is 7.07. The van der Waals surface area contributed by atoms with Gasteiger partial charge in [0.05, 0.1) is 0 Å². The van der Waals surface area contributed by atoms with E-state index in [1.807, 2.05) is 13.0 Å². The van der Waals surface area contributed by atoms with Gasteiger partial charge < -0.3 is 14.5 Å². The van der Waals surface area contributed by atoms with Crippen molar-refractivity contribution in [3.8, 4) is 0 Å². The monoisotopic (exact) mass is 316 g/mol. The molecule has 1 amide bonds. The van der Waals surface area contributed by atoms with Crippen LogP contribution >= 0.6 is 0 Å². The third kappa shape index (κ3) is 2.92. The van der Waals surface area contributed by atoms with Crippen LogP contribution in [0.3, 0.4) is 0 Å². The number of carbonyl (C=O) groups excluding carboxylic acids is 1. The molecule has 0 aromatic carbocycles. The van der Waals surface area contributed by atoms with Crippen molar-refractivity contribution in [3.63, 3.8) is 0 Å². The van der Waals surface area contributed by atoms with E-state index < -0.39 is 0 Å². The van der Waals surface area contributed by atoms with Crippen LogP contribution in [0.2, 0.25) is 0 Å². The Morgan fingerprint density at radius 2 is 1.83 bits per heavy atom. The molecule has 23 heavy (non-hydrogen) atoms. The highest BCUT2D eigenvalue weighted by Crippen LogP contribution is 2.34. The Bertz CT molecular complexity index is 574. The fourth-order valence-corrected chi connectivity index (χ4v) is 4.18. The van der Waals surface area contributed by atoms with Crippen molar-refractivity contribution in [2.75, 3.05) is 44.3 Å². The lowest BCUT2D eigenvalue weighted by Gasteiger charge is -2.28. The summed E-state index contributed by atoms with van der Waals surface area (Å²) in [6.45, 7) is 7.27. The van der Waals surface area contributed by atoms with Crippen LogP contribution in [0, 0.1) is 24.7 Å². The SMILES string of the molecule is Cc1cc(N2CC3CN(C(=O)C4CCOCC4)CC3C2)ncn1. The molecular formula is C17H24N4O2. The number of nitrogens with zero attached hydrogens (tertiary/aromatic N) is 4. The van der Waals surface area contributed by atoms with Gasteiger partial charge in [-0.1, -0.05) is 0 Å². The van der Waals surface area contributed by atoms with Crippen LogP contribution < -0.4 is 4.90 Å². The van der Waals surface area contributed by atoms with Crippen LogP contribution in [0.25, 0.3) is 0 Å². The Labute approximate surface area is 136 Å². The van der Waals surface area contributed by atoms with E-state index in [2.05, 4.69) is 19.8 Å². The molecule has 0 radical (unpaired) electrons. The molecule has 2 unspecified atom stereocenters. The topological polar surface area (TPSA) is 58.6 Å². The van der Waals surface area contributed by atoms with Gasteiger partial charge in [-0.25, -0.2) is 9.97 Å². The number of aromatic nitrogens is 2. The molecule has 1 aromatic heterocycles. The van der Waals surface area contributed by atoms with Crippen LogP contribution in [-0.2, 0) is 9.53 Å². The molecule has 3 saturated heterocycles. The molecule has 1 aromatic rings. The third-order valence-electron chi connectivity index (χ3n) is 5.48. The molecule has 6 heteroatoms. The molecular weight excluding hydrogens is 292 g/mol. The molecule has 2 atom stereocenters. The van der Waals surface area contributed by atoms with Crippen LogP contribution in [0.5, 0.6) is 0 Å². The molecule has 0 bridgehead atoms. The van der Waals surface area contributed by atoms with Gasteiger partial charge >= 0.3 is 0 Å². The van der Waals surface area contributed by atoms with E-state index in [1.165, 1.54) is 0 Å². The highest BCUT2D eigenvalue weighted by Gasteiger charge is 2.43. The smallest absolute Gasteiger partial charge is 0.225 e. The normalized spacial score (nSPS) is 28.2. The van der Waals surface area contributed by atoms with Crippen molar-refractivity contribution in [3.05, 3.63) is 18.1 Å². The fourth-order valence-electron chi connectivity index (χ4n) is 4.18. The Kier molecular flexibility index (Phi) is 3.93. The zero-order valence-electron chi connectivity index (χ0n) is 13.6. The summed E-state index contributed by atoms with van der Waals surface area (Å²) in [5, 5.41) is 0. The maximum atomic E-state index is 12.7. The van der Waals surface area contributed by atoms with Crippen LogP contribution in [0.4, 0.5) is 5.82 Å². The third-order valence-corrected chi connectivity index (χ3v) is 5.48. The molecule has 4 rings (SSSR count). The maximum Gasteiger partial charge on any atom is 0.225 e. The highest BCUT2D eigenvalue weighted by molar-refractivity contribution is 5.79. The van der Waals surface area contributed by atoms with Gasteiger partial charge in [-0.05, 0) is 19.8 Å². The zero-order valence-corrected chi connectivity index (χ0v) is 13.6. The second kappa shape index (κ2) is 6.07. The summed E-state index contributed by atoms with van der Waals surface area (Å²) in [5.74, 6) is 2.72. The molecule has 3 aliphatic heterocycles. The molecule has 124 valence electrons. The van der Waals surface area contributed by atoms with Crippen molar-refractivity contribution in [1.29, 1.82) is 0 Å². The van der Waals surface area contributed by atoms with Crippen molar-refractivity contribution in [1.82, 2.24) is 14.9 Å². The Hall–Kier alpha value is -1.69. The average Bonchev–Trinajstić information content (AvgIpc) is 3.14. The summed E-state index contributed by atoms with van der Waals surface area (Å²) < 4.78 is 5.37. The minimum atomic E-state index is 0.184. The lowest BCUT2D eigenvalue weighted by atomic mass is 9.99.